The molecule has 27 heavy (non-hydrogen) atoms. The molecule has 0 fully saturated rings. The highest BCUT2D eigenvalue weighted by atomic mass is 16.5. The second-order valence-electron chi connectivity index (χ2n) is 7.53. The van der Waals surface area contributed by atoms with Gasteiger partial charge in [-0.25, -0.2) is 4.79 Å². The van der Waals surface area contributed by atoms with E-state index >= 15 is 0 Å². The van der Waals surface area contributed by atoms with E-state index in [1.165, 1.54) is 0 Å². The SMILES string of the molecule is COc1ccc([C@H]2C(C(=O)OCC(C)C)=C(C)NC3=C2C(=O)CCC3)cc1. The number of ether oxygens (including phenoxy) is 2. The number of Topliss-reactive ketones (excluding diaryl/α,β-unsaturated/α-hetero) is 1. The molecule has 1 aromatic carbocycles. The molecule has 1 aromatic rings. The molecule has 0 aromatic heterocycles. The maximum atomic E-state index is 12.9. The summed E-state index contributed by atoms with van der Waals surface area (Å²) < 4.78 is 10.8. The largest absolute Gasteiger partial charge is 0.497 e. The Balaban J connectivity index is 2.06. The third kappa shape index (κ3) is 3.92. The van der Waals surface area contributed by atoms with Gasteiger partial charge in [-0.05, 0) is 43.4 Å². The average molecular weight is 369 g/mol. The number of carbonyl (C=O) groups is 2. The molecule has 5 nitrogen and oxygen atoms in total. The molecular formula is C22H27NO4. The number of hydrogen-bond acceptors (Lipinski definition) is 5. The van der Waals surface area contributed by atoms with E-state index in [4.69, 9.17) is 9.47 Å². The first-order chi connectivity index (χ1) is 12.9. The molecule has 0 amide bonds. The lowest BCUT2D eigenvalue weighted by molar-refractivity contribution is -0.140. The summed E-state index contributed by atoms with van der Waals surface area (Å²) in [7, 11) is 1.61. The summed E-state index contributed by atoms with van der Waals surface area (Å²) >= 11 is 0. The minimum Gasteiger partial charge on any atom is -0.497 e. The van der Waals surface area contributed by atoms with Gasteiger partial charge in [0.1, 0.15) is 5.75 Å². The van der Waals surface area contributed by atoms with Gasteiger partial charge in [0.05, 0.1) is 19.3 Å². The summed E-state index contributed by atoms with van der Waals surface area (Å²) in [6.45, 7) is 6.23. The number of hydrogen-bond donors (Lipinski definition) is 1. The fourth-order valence-corrected chi connectivity index (χ4v) is 3.70. The van der Waals surface area contributed by atoms with Gasteiger partial charge in [0, 0.05) is 29.3 Å². The third-order valence-corrected chi connectivity index (χ3v) is 4.99. The zero-order chi connectivity index (χ0) is 19.6. The van der Waals surface area contributed by atoms with E-state index in [-0.39, 0.29) is 17.7 Å². The van der Waals surface area contributed by atoms with Crippen molar-refractivity contribution in [2.24, 2.45) is 5.92 Å². The Morgan fingerprint density at radius 2 is 1.93 bits per heavy atom. The second-order valence-corrected chi connectivity index (χ2v) is 7.53. The summed E-state index contributed by atoms with van der Waals surface area (Å²) in [5.74, 6) is 0.323. The number of rotatable bonds is 5. The van der Waals surface area contributed by atoms with Crippen LogP contribution in [-0.4, -0.2) is 25.5 Å². The van der Waals surface area contributed by atoms with E-state index in [1.807, 2.05) is 45.0 Å². The molecule has 3 rings (SSSR count). The highest BCUT2D eigenvalue weighted by Gasteiger charge is 2.39. The fraction of sp³-hybridized carbons (Fsp3) is 0.455. The van der Waals surface area contributed by atoms with Crippen molar-refractivity contribution < 1.29 is 19.1 Å². The Morgan fingerprint density at radius 1 is 1.22 bits per heavy atom. The van der Waals surface area contributed by atoms with Gasteiger partial charge in [-0.1, -0.05) is 26.0 Å². The maximum absolute atomic E-state index is 12.9. The number of esters is 1. The van der Waals surface area contributed by atoms with Crippen LogP contribution in [0.1, 0.15) is 51.5 Å². The van der Waals surface area contributed by atoms with Crippen LogP contribution >= 0.6 is 0 Å². The van der Waals surface area contributed by atoms with Crippen molar-refractivity contribution >= 4 is 11.8 Å². The number of benzene rings is 1. The van der Waals surface area contributed by atoms with Crippen LogP contribution in [0.5, 0.6) is 5.75 Å². The van der Waals surface area contributed by atoms with Crippen molar-refractivity contribution in [3.05, 3.63) is 52.4 Å². The standard InChI is InChI=1S/C22H27NO4/c1-13(2)12-27-22(25)19-14(3)23-17-6-5-7-18(24)21(17)20(19)15-8-10-16(26-4)11-9-15/h8-11,13,20,23H,5-7,12H2,1-4H3/t20-/m0/s1. The summed E-state index contributed by atoms with van der Waals surface area (Å²) in [5, 5.41) is 3.30. The number of carbonyl (C=O) groups excluding carboxylic acids is 2. The Morgan fingerprint density at radius 3 is 2.56 bits per heavy atom. The summed E-state index contributed by atoms with van der Waals surface area (Å²) in [6, 6.07) is 7.56. The molecule has 0 spiro atoms. The first-order valence-electron chi connectivity index (χ1n) is 9.47. The van der Waals surface area contributed by atoms with Crippen LogP contribution in [0.2, 0.25) is 0 Å². The molecular weight excluding hydrogens is 342 g/mol. The van der Waals surface area contributed by atoms with E-state index in [0.29, 0.717) is 24.2 Å². The van der Waals surface area contributed by atoms with Gasteiger partial charge in [-0.2, -0.15) is 0 Å². The van der Waals surface area contributed by atoms with Gasteiger partial charge >= 0.3 is 5.97 Å². The lowest BCUT2D eigenvalue weighted by Crippen LogP contribution is -2.34. The Bertz CT molecular complexity index is 802. The normalized spacial score (nSPS) is 19.7. The van der Waals surface area contributed by atoms with E-state index in [0.717, 1.165) is 35.5 Å². The highest BCUT2D eigenvalue weighted by molar-refractivity contribution is 6.03. The van der Waals surface area contributed by atoms with Crippen molar-refractivity contribution in [2.45, 2.75) is 46.0 Å². The second kappa shape index (κ2) is 7.99. The Hall–Kier alpha value is -2.56. The van der Waals surface area contributed by atoms with Crippen molar-refractivity contribution in [1.82, 2.24) is 5.32 Å². The molecule has 144 valence electrons. The van der Waals surface area contributed by atoms with Crippen molar-refractivity contribution in [3.63, 3.8) is 0 Å². The number of nitrogens with one attached hydrogen (secondary N) is 1. The zero-order valence-corrected chi connectivity index (χ0v) is 16.4. The smallest absolute Gasteiger partial charge is 0.336 e. The van der Waals surface area contributed by atoms with E-state index in [1.54, 1.807) is 7.11 Å². The van der Waals surface area contributed by atoms with Crippen LogP contribution in [0.4, 0.5) is 0 Å². The van der Waals surface area contributed by atoms with Crippen LogP contribution in [-0.2, 0) is 14.3 Å². The summed E-state index contributed by atoms with van der Waals surface area (Å²) in [6.07, 6.45) is 2.17. The molecule has 0 bridgehead atoms. The number of ketones is 1. The average Bonchev–Trinajstić information content (AvgIpc) is 2.65. The molecule has 1 atom stereocenters. The van der Waals surface area contributed by atoms with Gasteiger partial charge in [-0.3, -0.25) is 4.79 Å². The number of dihydropyridines is 1. The van der Waals surface area contributed by atoms with E-state index < -0.39 is 5.92 Å². The minimum atomic E-state index is -0.403. The highest BCUT2D eigenvalue weighted by Crippen LogP contribution is 2.42. The van der Waals surface area contributed by atoms with Crippen LogP contribution in [0.3, 0.4) is 0 Å². The molecule has 0 saturated heterocycles. The molecule has 1 aliphatic carbocycles. The van der Waals surface area contributed by atoms with E-state index in [9.17, 15) is 9.59 Å². The molecule has 1 aliphatic heterocycles. The Labute approximate surface area is 160 Å². The first-order valence-corrected chi connectivity index (χ1v) is 9.47. The van der Waals surface area contributed by atoms with Gasteiger partial charge in [0.2, 0.25) is 0 Å². The van der Waals surface area contributed by atoms with Gasteiger partial charge in [0.25, 0.3) is 0 Å². The minimum absolute atomic E-state index is 0.103. The summed E-state index contributed by atoms with van der Waals surface area (Å²) in [4.78, 5) is 25.7. The first kappa shape index (κ1) is 19.2. The van der Waals surface area contributed by atoms with Crippen LogP contribution in [0, 0.1) is 5.92 Å². The predicted molar refractivity (Wildman–Crippen MR) is 103 cm³/mol. The molecule has 5 heteroatoms. The Kier molecular flexibility index (Phi) is 5.68. The molecule has 0 radical (unpaired) electrons. The zero-order valence-electron chi connectivity index (χ0n) is 16.4. The number of allylic oxidation sites excluding steroid dienone is 3. The van der Waals surface area contributed by atoms with Crippen LogP contribution in [0.15, 0.2) is 46.8 Å². The molecule has 1 heterocycles. The molecule has 1 N–H and O–H groups in total. The van der Waals surface area contributed by atoms with Crippen molar-refractivity contribution in [2.75, 3.05) is 13.7 Å². The monoisotopic (exact) mass is 369 g/mol. The summed E-state index contributed by atoms with van der Waals surface area (Å²) in [5.41, 5.74) is 3.82. The van der Waals surface area contributed by atoms with Crippen LogP contribution < -0.4 is 10.1 Å². The maximum Gasteiger partial charge on any atom is 0.336 e. The predicted octanol–water partition coefficient (Wildman–Crippen LogP) is 3.86. The van der Waals surface area contributed by atoms with Gasteiger partial charge < -0.3 is 14.8 Å². The molecule has 0 unspecified atom stereocenters. The van der Waals surface area contributed by atoms with Gasteiger partial charge in [-0.15, -0.1) is 0 Å². The van der Waals surface area contributed by atoms with E-state index in [2.05, 4.69) is 5.32 Å². The fourth-order valence-electron chi connectivity index (χ4n) is 3.70. The van der Waals surface area contributed by atoms with Crippen molar-refractivity contribution in [3.8, 4) is 5.75 Å². The number of methoxy groups -OCH3 is 1. The lowest BCUT2D eigenvalue weighted by atomic mass is 9.75. The van der Waals surface area contributed by atoms with Crippen molar-refractivity contribution in [1.29, 1.82) is 0 Å². The quantitative estimate of drug-likeness (QED) is 0.799. The van der Waals surface area contributed by atoms with Gasteiger partial charge in [0.15, 0.2) is 5.78 Å². The topological polar surface area (TPSA) is 64.6 Å². The van der Waals surface area contributed by atoms with Crippen LogP contribution in [0.25, 0.3) is 0 Å². The third-order valence-electron chi connectivity index (χ3n) is 4.99. The molecule has 0 saturated carbocycles. The lowest BCUT2D eigenvalue weighted by Gasteiger charge is -2.34. The molecule has 2 aliphatic rings.